The molecule has 136 valence electrons. The molecule has 1 aromatic rings. The number of amides is 1. The predicted octanol–water partition coefficient (Wildman–Crippen LogP) is 2.37. The molecule has 1 amide bonds. The highest BCUT2D eigenvalue weighted by Gasteiger charge is 2.20. The van der Waals surface area contributed by atoms with Gasteiger partial charge in [-0.2, -0.15) is 11.8 Å². The molecule has 2 aliphatic rings. The molecule has 0 radical (unpaired) electrons. The van der Waals surface area contributed by atoms with Crippen LogP contribution in [0.15, 0.2) is 29.3 Å². The van der Waals surface area contributed by atoms with Gasteiger partial charge in [-0.1, -0.05) is 24.3 Å². The van der Waals surface area contributed by atoms with Crippen molar-refractivity contribution in [2.24, 2.45) is 4.99 Å². The second-order valence-corrected chi connectivity index (χ2v) is 7.87. The Bertz CT molecular complexity index is 613. The Morgan fingerprint density at radius 2 is 2.24 bits per heavy atom. The average molecular weight is 361 g/mol. The molecule has 2 fully saturated rings. The van der Waals surface area contributed by atoms with E-state index in [2.05, 4.69) is 39.9 Å². The van der Waals surface area contributed by atoms with Crippen LogP contribution in [0.1, 0.15) is 36.8 Å². The van der Waals surface area contributed by atoms with E-state index in [1.807, 2.05) is 23.7 Å². The van der Waals surface area contributed by atoms with Gasteiger partial charge < -0.3 is 15.5 Å². The first-order chi connectivity index (χ1) is 12.2. The Morgan fingerprint density at radius 3 is 2.96 bits per heavy atom. The van der Waals surface area contributed by atoms with Crippen LogP contribution in [0.5, 0.6) is 0 Å². The van der Waals surface area contributed by atoms with Crippen molar-refractivity contribution in [3.63, 3.8) is 0 Å². The molecule has 2 aliphatic heterocycles. The number of benzene rings is 1. The predicted molar refractivity (Wildman–Crippen MR) is 105 cm³/mol. The van der Waals surface area contributed by atoms with E-state index in [1.54, 1.807) is 0 Å². The number of guanidine groups is 1. The third kappa shape index (κ3) is 5.39. The number of carbonyl (C=O) groups excluding carboxylic acids is 1. The van der Waals surface area contributed by atoms with Gasteiger partial charge in [-0.3, -0.25) is 9.79 Å². The zero-order valence-corrected chi connectivity index (χ0v) is 15.8. The number of hydrogen-bond acceptors (Lipinski definition) is 3. The van der Waals surface area contributed by atoms with Crippen LogP contribution in [0.2, 0.25) is 0 Å². The smallest absolute Gasteiger partial charge is 0.222 e. The van der Waals surface area contributed by atoms with Gasteiger partial charge in [-0.25, -0.2) is 0 Å². The Hall–Kier alpha value is -1.69. The molecule has 0 saturated carbocycles. The van der Waals surface area contributed by atoms with Crippen LogP contribution in [-0.2, 0) is 17.9 Å². The summed E-state index contributed by atoms with van der Waals surface area (Å²) in [5.74, 6) is 3.57. The van der Waals surface area contributed by atoms with Crippen molar-refractivity contribution in [2.45, 2.75) is 44.8 Å². The molecule has 0 aliphatic carbocycles. The molecule has 0 aromatic heterocycles. The zero-order chi connectivity index (χ0) is 17.5. The lowest BCUT2D eigenvalue weighted by Crippen LogP contribution is -2.45. The largest absolute Gasteiger partial charge is 0.353 e. The molecule has 1 unspecified atom stereocenters. The summed E-state index contributed by atoms with van der Waals surface area (Å²) in [7, 11) is 1.82. The number of aliphatic imine (C=N–C) groups is 1. The molecule has 2 N–H and O–H groups in total. The van der Waals surface area contributed by atoms with Gasteiger partial charge in [-0.05, 0) is 36.1 Å². The van der Waals surface area contributed by atoms with E-state index in [9.17, 15) is 4.79 Å². The maximum Gasteiger partial charge on any atom is 0.222 e. The number of nitrogens with zero attached hydrogens (tertiary/aromatic N) is 2. The minimum atomic E-state index is 0.276. The average Bonchev–Trinajstić information content (AvgIpc) is 3.04. The summed E-state index contributed by atoms with van der Waals surface area (Å²) in [6.45, 7) is 2.34. The molecule has 5 nitrogen and oxygen atoms in total. The first kappa shape index (κ1) is 18.1. The summed E-state index contributed by atoms with van der Waals surface area (Å²) < 4.78 is 0. The van der Waals surface area contributed by atoms with E-state index in [-0.39, 0.29) is 5.91 Å². The molecule has 0 spiro atoms. The second-order valence-electron chi connectivity index (χ2n) is 6.72. The van der Waals surface area contributed by atoms with Crippen LogP contribution >= 0.6 is 11.8 Å². The monoisotopic (exact) mass is 360 g/mol. The van der Waals surface area contributed by atoms with Crippen LogP contribution in [0.25, 0.3) is 0 Å². The Morgan fingerprint density at radius 1 is 1.36 bits per heavy atom. The molecule has 6 heteroatoms. The number of thioether (sulfide) groups is 1. The number of rotatable bonds is 5. The summed E-state index contributed by atoms with van der Waals surface area (Å²) in [5.41, 5.74) is 2.41. The number of likely N-dealkylation sites (tertiary alicyclic amines) is 1. The summed E-state index contributed by atoms with van der Waals surface area (Å²) in [4.78, 5) is 18.1. The van der Waals surface area contributed by atoms with E-state index in [1.165, 1.54) is 29.7 Å². The van der Waals surface area contributed by atoms with Gasteiger partial charge in [0.2, 0.25) is 5.91 Å². The topological polar surface area (TPSA) is 56.7 Å². The molecular weight excluding hydrogens is 332 g/mol. The zero-order valence-electron chi connectivity index (χ0n) is 15.0. The first-order valence-corrected chi connectivity index (χ1v) is 10.3. The summed E-state index contributed by atoms with van der Waals surface area (Å²) in [6, 6.07) is 8.98. The van der Waals surface area contributed by atoms with Gasteiger partial charge >= 0.3 is 0 Å². The van der Waals surface area contributed by atoms with E-state index >= 15 is 0 Å². The fourth-order valence-corrected chi connectivity index (χ4v) is 4.43. The van der Waals surface area contributed by atoms with Gasteiger partial charge in [0.15, 0.2) is 5.96 Å². The van der Waals surface area contributed by atoms with Crippen molar-refractivity contribution < 1.29 is 4.79 Å². The summed E-state index contributed by atoms with van der Waals surface area (Å²) >= 11 is 2.01. The number of hydrogen-bond donors (Lipinski definition) is 2. The standard InChI is InChI=1S/C19H28N4OS/c1-20-19(22-17-7-4-10-25-14-17)21-12-15-5-2-6-16(11-15)13-23-9-3-8-18(23)24/h2,5-6,11,17H,3-4,7-10,12-14H2,1H3,(H2,20,21,22). The SMILES string of the molecule is CN=C(NCc1cccc(CN2CCCC2=O)c1)NC1CCCSC1. The molecule has 2 heterocycles. The minimum Gasteiger partial charge on any atom is -0.353 e. The van der Waals surface area contributed by atoms with Gasteiger partial charge in [0.1, 0.15) is 0 Å². The molecule has 1 atom stereocenters. The summed E-state index contributed by atoms with van der Waals surface area (Å²) in [5, 5.41) is 6.93. The van der Waals surface area contributed by atoms with Crippen molar-refractivity contribution in [1.29, 1.82) is 0 Å². The Kier molecular flexibility index (Phi) is 6.62. The van der Waals surface area contributed by atoms with Crippen molar-refractivity contribution in [3.8, 4) is 0 Å². The van der Waals surface area contributed by atoms with Gasteiger partial charge in [0.05, 0.1) is 0 Å². The Labute approximate surface area is 154 Å². The molecule has 25 heavy (non-hydrogen) atoms. The fourth-order valence-electron chi connectivity index (χ4n) is 3.36. The van der Waals surface area contributed by atoms with Crippen LogP contribution < -0.4 is 10.6 Å². The molecular formula is C19H28N4OS. The number of carbonyl (C=O) groups is 1. The van der Waals surface area contributed by atoms with Crippen LogP contribution in [0.3, 0.4) is 0 Å². The van der Waals surface area contributed by atoms with Crippen molar-refractivity contribution in [2.75, 3.05) is 25.1 Å². The van der Waals surface area contributed by atoms with E-state index in [0.29, 0.717) is 12.5 Å². The molecule has 2 saturated heterocycles. The van der Waals surface area contributed by atoms with Gasteiger partial charge in [0.25, 0.3) is 0 Å². The fraction of sp³-hybridized carbons (Fsp3) is 0.579. The van der Waals surface area contributed by atoms with Crippen molar-refractivity contribution in [1.82, 2.24) is 15.5 Å². The van der Waals surface area contributed by atoms with E-state index in [0.717, 1.165) is 37.8 Å². The minimum absolute atomic E-state index is 0.276. The Balaban J connectivity index is 1.51. The normalized spacial score (nSPS) is 21.5. The van der Waals surface area contributed by atoms with Gasteiger partial charge in [-0.15, -0.1) is 0 Å². The van der Waals surface area contributed by atoms with Crippen molar-refractivity contribution in [3.05, 3.63) is 35.4 Å². The van der Waals surface area contributed by atoms with Gasteiger partial charge in [0, 0.05) is 44.9 Å². The maximum absolute atomic E-state index is 11.8. The maximum atomic E-state index is 11.8. The lowest BCUT2D eigenvalue weighted by Gasteiger charge is -2.24. The van der Waals surface area contributed by atoms with Crippen molar-refractivity contribution >= 4 is 23.6 Å². The molecule has 3 rings (SSSR count). The summed E-state index contributed by atoms with van der Waals surface area (Å²) in [6.07, 6.45) is 4.17. The van der Waals surface area contributed by atoms with Crippen LogP contribution in [-0.4, -0.2) is 47.9 Å². The molecule has 0 bridgehead atoms. The molecule has 1 aromatic carbocycles. The third-order valence-corrected chi connectivity index (χ3v) is 5.94. The van der Waals surface area contributed by atoms with E-state index in [4.69, 9.17) is 0 Å². The quantitative estimate of drug-likeness (QED) is 0.625. The van der Waals surface area contributed by atoms with E-state index < -0.39 is 0 Å². The lowest BCUT2D eigenvalue weighted by molar-refractivity contribution is -0.128. The first-order valence-electron chi connectivity index (χ1n) is 9.15. The highest BCUT2D eigenvalue weighted by Crippen LogP contribution is 2.17. The number of nitrogens with one attached hydrogen (secondary N) is 2. The highest BCUT2D eigenvalue weighted by molar-refractivity contribution is 7.99. The lowest BCUT2D eigenvalue weighted by atomic mass is 10.1. The van der Waals surface area contributed by atoms with Crippen LogP contribution in [0.4, 0.5) is 0 Å². The third-order valence-electron chi connectivity index (χ3n) is 4.72. The second kappa shape index (κ2) is 9.13. The highest BCUT2D eigenvalue weighted by atomic mass is 32.2. The van der Waals surface area contributed by atoms with Crippen LogP contribution in [0, 0.1) is 0 Å².